The maximum absolute atomic E-state index is 11.8. The van der Waals surface area contributed by atoms with E-state index < -0.39 is 10.0 Å². The summed E-state index contributed by atoms with van der Waals surface area (Å²) >= 11 is 0. The maximum atomic E-state index is 11.8. The first-order valence-electron chi connectivity index (χ1n) is 4.07. The molecule has 2 rings (SSSR count). The third kappa shape index (κ3) is 1.37. The molecule has 8 heteroatoms. The average Bonchev–Trinajstić information content (AvgIpc) is 2.72. The Hall–Kier alpha value is -1.12. The molecule has 2 heterocycles. The summed E-state index contributed by atoms with van der Waals surface area (Å²) < 4.78 is 24.5. The van der Waals surface area contributed by atoms with Crippen molar-refractivity contribution in [1.29, 1.82) is 0 Å². The first kappa shape index (κ1) is 9.44. The van der Waals surface area contributed by atoms with Gasteiger partial charge in [-0.1, -0.05) is 4.47 Å². The first-order chi connectivity index (χ1) is 6.62. The number of sulfonamides is 1. The molecule has 1 fully saturated rings. The Labute approximate surface area is 80.8 Å². The van der Waals surface area contributed by atoms with Gasteiger partial charge in [-0.25, -0.2) is 8.42 Å². The standard InChI is InChI=1S/C6H10N4O3S/c7-6-5(4-8-9-6)14(11,12)10-2-1-3-13-10/h4H,1-3H2,(H3,7,8,9). The zero-order valence-electron chi connectivity index (χ0n) is 7.30. The number of hydrogen-bond donors (Lipinski definition) is 2. The van der Waals surface area contributed by atoms with Crippen molar-refractivity contribution in [3.63, 3.8) is 0 Å². The van der Waals surface area contributed by atoms with E-state index >= 15 is 0 Å². The number of H-pyrrole nitrogens is 1. The van der Waals surface area contributed by atoms with Crippen molar-refractivity contribution in [3.8, 4) is 0 Å². The van der Waals surface area contributed by atoms with Gasteiger partial charge in [0.1, 0.15) is 10.7 Å². The molecule has 3 N–H and O–H groups in total. The van der Waals surface area contributed by atoms with Crippen LogP contribution in [0.2, 0.25) is 0 Å². The molecule has 0 aliphatic carbocycles. The van der Waals surface area contributed by atoms with E-state index in [9.17, 15) is 8.42 Å². The zero-order valence-corrected chi connectivity index (χ0v) is 8.12. The Balaban J connectivity index is 2.37. The molecular weight excluding hydrogens is 208 g/mol. The highest BCUT2D eigenvalue weighted by atomic mass is 32.2. The zero-order chi connectivity index (χ0) is 10.2. The number of nitrogens with two attached hydrogens (primary N) is 1. The number of hydroxylamine groups is 1. The molecule has 0 radical (unpaired) electrons. The molecule has 0 spiro atoms. The number of anilines is 1. The van der Waals surface area contributed by atoms with E-state index in [0.717, 1.165) is 4.47 Å². The van der Waals surface area contributed by atoms with Crippen molar-refractivity contribution in [1.82, 2.24) is 14.7 Å². The van der Waals surface area contributed by atoms with Crippen LogP contribution in [-0.4, -0.2) is 36.2 Å². The van der Waals surface area contributed by atoms with Crippen LogP contribution >= 0.6 is 0 Å². The Morgan fingerprint density at radius 2 is 2.43 bits per heavy atom. The molecule has 1 aliphatic heterocycles. The van der Waals surface area contributed by atoms with Gasteiger partial charge in [-0.05, 0) is 6.42 Å². The summed E-state index contributed by atoms with van der Waals surface area (Å²) in [6.07, 6.45) is 1.86. The Morgan fingerprint density at radius 3 is 2.93 bits per heavy atom. The van der Waals surface area contributed by atoms with Gasteiger partial charge in [-0.3, -0.25) is 9.94 Å². The molecule has 1 aliphatic rings. The van der Waals surface area contributed by atoms with Crippen molar-refractivity contribution in [2.75, 3.05) is 18.9 Å². The molecule has 14 heavy (non-hydrogen) atoms. The number of aromatic nitrogens is 2. The smallest absolute Gasteiger partial charge is 0.270 e. The second kappa shape index (κ2) is 3.23. The van der Waals surface area contributed by atoms with Crippen LogP contribution in [0, 0.1) is 0 Å². The molecular formula is C6H10N4O3S. The second-order valence-corrected chi connectivity index (χ2v) is 4.66. The van der Waals surface area contributed by atoms with Gasteiger partial charge >= 0.3 is 0 Å². The lowest BCUT2D eigenvalue weighted by atomic mass is 10.5. The fourth-order valence-corrected chi connectivity index (χ4v) is 2.53. The van der Waals surface area contributed by atoms with Crippen LogP contribution in [0.1, 0.15) is 6.42 Å². The summed E-state index contributed by atoms with van der Waals surface area (Å²) in [5.41, 5.74) is 5.41. The Bertz CT molecular complexity index is 420. The van der Waals surface area contributed by atoms with E-state index in [2.05, 4.69) is 10.2 Å². The van der Waals surface area contributed by atoms with Crippen molar-refractivity contribution in [3.05, 3.63) is 6.20 Å². The molecule has 0 amide bonds. The first-order valence-corrected chi connectivity index (χ1v) is 5.51. The van der Waals surface area contributed by atoms with Crippen LogP contribution in [0.3, 0.4) is 0 Å². The van der Waals surface area contributed by atoms with E-state index in [1.165, 1.54) is 6.20 Å². The molecule has 0 atom stereocenters. The van der Waals surface area contributed by atoms with Gasteiger partial charge in [0.25, 0.3) is 10.0 Å². The topological polar surface area (TPSA) is 101 Å². The van der Waals surface area contributed by atoms with Gasteiger partial charge < -0.3 is 5.73 Å². The van der Waals surface area contributed by atoms with Crippen LogP contribution in [0.25, 0.3) is 0 Å². The summed E-state index contributed by atoms with van der Waals surface area (Å²) in [4.78, 5) is 4.90. The maximum Gasteiger partial charge on any atom is 0.270 e. The highest BCUT2D eigenvalue weighted by molar-refractivity contribution is 7.89. The van der Waals surface area contributed by atoms with Crippen LogP contribution in [0.15, 0.2) is 11.1 Å². The molecule has 0 aromatic carbocycles. The van der Waals surface area contributed by atoms with Crippen LogP contribution < -0.4 is 5.73 Å². The van der Waals surface area contributed by atoms with Gasteiger partial charge in [0.2, 0.25) is 0 Å². The van der Waals surface area contributed by atoms with Crippen LogP contribution in [0.5, 0.6) is 0 Å². The van der Waals surface area contributed by atoms with E-state index in [1.54, 1.807) is 0 Å². The Morgan fingerprint density at radius 1 is 1.64 bits per heavy atom. The predicted octanol–water partition coefficient (Wildman–Crippen LogP) is -0.682. The fraction of sp³-hybridized carbons (Fsp3) is 0.500. The minimum atomic E-state index is -3.63. The highest BCUT2D eigenvalue weighted by Gasteiger charge is 2.31. The fourth-order valence-electron chi connectivity index (χ4n) is 1.21. The number of hydrogen-bond acceptors (Lipinski definition) is 5. The molecule has 1 aromatic heterocycles. The van der Waals surface area contributed by atoms with Gasteiger partial charge in [0.05, 0.1) is 12.8 Å². The van der Waals surface area contributed by atoms with Crippen molar-refractivity contribution < 1.29 is 13.3 Å². The minimum Gasteiger partial charge on any atom is -0.383 e. The summed E-state index contributed by atoms with van der Waals surface area (Å²) in [5.74, 6) is 0.0282. The largest absolute Gasteiger partial charge is 0.383 e. The Kier molecular flexibility index (Phi) is 2.17. The lowest BCUT2D eigenvalue weighted by molar-refractivity contribution is -0.0284. The van der Waals surface area contributed by atoms with E-state index in [-0.39, 0.29) is 10.7 Å². The molecule has 1 aromatic rings. The van der Waals surface area contributed by atoms with Gasteiger partial charge in [0, 0.05) is 6.54 Å². The monoisotopic (exact) mass is 218 g/mol. The van der Waals surface area contributed by atoms with Gasteiger partial charge in [0.15, 0.2) is 0 Å². The molecule has 7 nitrogen and oxygen atoms in total. The van der Waals surface area contributed by atoms with Crippen LogP contribution in [-0.2, 0) is 14.9 Å². The second-order valence-electron chi connectivity index (χ2n) is 2.87. The molecule has 0 bridgehead atoms. The van der Waals surface area contributed by atoms with E-state index in [0.29, 0.717) is 19.6 Å². The number of nitrogen functional groups attached to an aromatic ring is 1. The highest BCUT2D eigenvalue weighted by Crippen LogP contribution is 2.22. The lowest BCUT2D eigenvalue weighted by Gasteiger charge is -2.12. The number of nitrogens with zero attached hydrogens (tertiary/aromatic N) is 2. The molecule has 1 saturated heterocycles. The van der Waals surface area contributed by atoms with E-state index in [4.69, 9.17) is 10.6 Å². The third-order valence-electron chi connectivity index (χ3n) is 1.90. The number of rotatable bonds is 2. The van der Waals surface area contributed by atoms with E-state index in [1.807, 2.05) is 0 Å². The normalized spacial score (nSPS) is 18.9. The predicted molar refractivity (Wildman–Crippen MR) is 47.5 cm³/mol. The minimum absolute atomic E-state index is 0.0282. The van der Waals surface area contributed by atoms with Crippen molar-refractivity contribution >= 4 is 15.8 Å². The molecule has 0 unspecified atom stereocenters. The van der Waals surface area contributed by atoms with Gasteiger partial charge in [-0.15, -0.1) is 0 Å². The SMILES string of the molecule is Nc1[nH]ncc1S(=O)(=O)N1CCCO1. The summed E-state index contributed by atoms with van der Waals surface area (Å²) in [7, 11) is -3.63. The molecule has 0 saturated carbocycles. The number of nitrogens with one attached hydrogen (secondary N) is 1. The summed E-state index contributed by atoms with van der Waals surface area (Å²) in [6.45, 7) is 0.768. The summed E-state index contributed by atoms with van der Waals surface area (Å²) in [6, 6.07) is 0. The van der Waals surface area contributed by atoms with Gasteiger partial charge in [-0.2, -0.15) is 5.10 Å². The van der Waals surface area contributed by atoms with Crippen LogP contribution in [0.4, 0.5) is 5.82 Å². The quantitative estimate of drug-likeness (QED) is 0.684. The van der Waals surface area contributed by atoms with Crippen molar-refractivity contribution in [2.45, 2.75) is 11.3 Å². The summed E-state index contributed by atoms with van der Waals surface area (Å²) in [5, 5.41) is 5.91. The number of aromatic amines is 1. The van der Waals surface area contributed by atoms with Crippen molar-refractivity contribution in [2.24, 2.45) is 0 Å². The lowest BCUT2D eigenvalue weighted by Crippen LogP contribution is -2.27. The average molecular weight is 218 g/mol. The molecule has 78 valence electrons. The third-order valence-corrected chi connectivity index (χ3v) is 3.60.